The van der Waals surface area contributed by atoms with Gasteiger partial charge in [-0.05, 0) is 42.5 Å². The maximum atomic E-state index is 12.7. The first-order valence-corrected chi connectivity index (χ1v) is 11.4. The van der Waals surface area contributed by atoms with E-state index in [1.165, 1.54) is 50.8 Å². The van der Waals surface area contributed by atoms with Gasteiger partial charge in [-0.25, -0.2) is 8.42 Å². The summed E-state index contributed by atoms with van der Waals surface area (Å²) in [6, 6.07) is 12.1. The Kier molecular flexibility index (Phi) is 6.59. The predicted octanol–water partition coefficient (Wildman–Crippen LogP) is 3.00. The van der Waals surface area contributed by atoms with Gasteiger partial charge in [0.05, 0.1) is 24.8 Å². The summed E-state index contributed by atoms with van der Waals surface area (Å²) in [5.74, 6) is 1.14. The third kappa shape index (κ3) is 5.23. The molecule has 1 N–H and O–H groups in total. The van der Waals surface area contributed by atoms with Crippen LogP contribution in [0.4, 0.5) is 11.5 Å². The topological polar surface area (TPSA) is 138 Å². The number of nitrogens with zero attached hydrogens (tertiary/aromatic N) is 3. The van der Waals surface area contributed by atoms with Crippen LogP contribution in [0.25, 0.3) is 0 Å². The molecule has 0 unspecified atom stereocenters. The summed E-state index contributed by atoms with van der Waals surface area (Å²) >= 11 is 0. The van der Waals surface area contributed by atoms with E-state index in [0.717, 1.165) is 0 Å². The van der Waals surface area contributed by atoms with Gasteiger partial charge in [0.1, 0.15) is 0 Å². The first-order valence-electron chi connectivity index (χ1n) is 9.93. The molecule has 0 radical (unpaired) electrons. The van der Waals surface area contributed by atoms with Crippen molar-refractivity contribution >= 4 is 33.5 Å². The van der Waals surface area contributed by atoms with Crippen LogP contribution in [0.15, 0.2) is 58.4 Å². The Bertz CT molecular complexity index is 1320. The Morgan fingerprint density at radius 1 is 1.06 bits per heavy atom. The number of ether oxygens (including phenoxy) is 4. The lowest BCUT2D eigenvalue weighted by molar-refractivity contribution is 0.100. The van der Waals surface area contributed by atoms with Gasteiger partial charge < -0.3 is 18.9 Å². The van der Waals surface area contributed by atoms with Crippen molar-refractivity contribution in [3.63, 3.8) is 0 Å². The first-order chi connectivity index (χ1) is 16.4. The highest BCUT2D eigenvalue weighted by Gasteiger charge is 2.17. The molecule has 0 fully saturated rings. The molecule has 0 saturated carbocycles. The molecule has 4 rings (SSSR count). The van der Waals surface area contributed by atoms with Crippen molar-refractivity contribution in [1.29, 1.82) is 0 Å². The molecule has 2 heterocycles. The fourth-order valence-corrected chi connectivity index (χ4v) is 3.97. The monoisotopic (exact) mass is 484 g/mol. The van der Waals surface area contributed by atoms with Gasteiger partial charge in [0, 0.05) is 24.3 Å². The number of aromatic nitrogens is 2. The highest BCUT2D eigenvalue weighted by Crippen LogP contribution is 2.32. The summed E-state index contributed by atoms with van der Waals surface area (Å²) in [5, 5.41) is 0. The van der Waals surface area contributed by atoms with Crippen molar-refractivity contribution in [2.45, 2.75) is 11.3 Å². The maximum absolute atomic E-state index is 12.7. The average Bonchev–Trinajstić information content (AvgIpc) is 3.31. The molecular formula is C22H20N4O7S. The molecule has 3 aromatic rings. The van der Waals surface area contributed by atoms with Crippen molar-refractivity contribution in [2.24, 2.45) is 4.99 Å². The third-order valence-electron chi connectivity index (χ3n) is 4.67. The van der Waals surface area contributed by atoms with Gasteiger partial charge in [0.15, 0.2) is 23.1 Å². The Labute approximate surface area is 195 Å². The summed E-state index contributed by atoms with van der Waals surface area (Å²) in [6.45, 7) is 0.136. The van der Waals surface area contributed by atoms with Crippen LogP contribution in [0.1, 0.15) is 16.8 Å². The van der Waals surface area contributed by atoms with E-state index in [9.17, 15) is 13.2 Å². The fraction of sp³-hybridized carbons (Fsp3) is 0.182. The summed E-state index contributed by atoms with van der Waals surface area (Å²) in [4.78, 5) is 24.5. The minimum absolute atomic E-state index is 0.000526. The molecule has 11 nitrogen and oxygen atoms in total. The average molecular weight is 484 g/mol. The van der Waals surface area contributed by atoms with Crippen LogP contribution in [0, 0.1) is 0 Å². The van der Waals surface area contributed by atoms with Crippen LogP contribution in [0.5, 0.6) is 23.4 Å². The number of fused-ring (bicyclic) bond motifs is 1. The minimum atomic E-state index is -3.93. The second-order valence-electron chi connectivity index (χ2n) is 6.89. The molecular weight excluding hydrogens is 464 g/mol. The van der Waals surface area contributed by atoms with Crippen molar-refractivity contribution in [2.75, 3.05) is 25.7 Å². The van der Waals surface area contributed by atoms with Gasteiger partial charge in [0.2, 0.25) is 12.7 Å². The summed E-state index contributed by atoms with van der Waals surface area (Å²) in [5.41, 5.74) is 0.976. The normalized spacial score (nSPS) is 12.5. The highest BCUT2D eigenvalue weighted by molar-refractivity contribution is 7.92. The lowest BCUT2D eigenvalue weighted by Gasteiger charge is -2.09. The zero-order valence-corrected chi connectivity index (χ0v) is 19.0. The smallest absolute Gasteiger partial charge is 0.321 e. The third-order valence-corrected chi connectivity index (χ3v) is 6.04. The van der Waals surface area contributed by atoms with E-state index in [-0.39, 0.29) is 41.6 Å². The molecule has 0 amide bonds. The fourth-order valence-electron chi connectivity index (χ4n) is 2.98. The van der Waals surface area contributed by atoms with Crippen LogP contribution in [-0.2, 0) is 10.0 Å². The van der Waals surface area contributed by atoms with Gasteiger partial charge >= 0.3 is 6.01 Å². The van der Waals surface area contributed by atoms with E-state index < -0.39 is 10.0 Å². The Morgan fingerprint density at radius 2 is 1.82 bits per heavy atom. The van der Waals surface area contributed by atoms with Crippen LogP contribution in [-0.4, -0.2) is 51.4 Å². The lowest BCUT2D eigenvalue weighted by Crippen LogP contribution is -2.14. The van der Waals surface area contributed by atoms with Crippen LogP contribution >= 0.6 is 0 Å². The molecule has 176 valence electrons. The number of nitrogens with one attached hydrogen (secondary N) is 1. The molecule has 12 heteroatoms. The predicted molar refractivity (Wildman–Crippen MR) is 122 cm³/mol. The number of rotatable bonds is 9. The van der Waals surface area contributed by atoms with Crippen LogP contribution < -0.4 is 23.7 Å². The van der Waals surface area contributed by atoms with Crippen molar-refractivity contribution in [3.05, 3.63) is 54.1 Å². The number of hydrogen-bond acceptors (Lipinski definition) is 10. The lowest BCUT2D eigenvalue weighted by atomic mass is 10.1. The molecule has 2 aromatic carbocycles. The number of anilines is 1. The number of aliphatic imine (C=N–C) groups is 1. The van der Waals surface area contributed by atoms with E-state index in [4.69, 9.17) is 18.9 Å². The van der Waals surface area contributed by atoms with E-state index in [2.05, 4.69) is 19.7 Å². The zero-order chi connectivity index (χ0) is 24.1. The standard InChI is InChI=1S/C22H20N4O7S/c1-30-21-12-20(24-22(25-21)31-2)26-34(28,29)16-6-4-15(5-7-16)23-10-9-17(27)14-3-8-18-19(11-14)33-13-32-18/h3-8,10-12H,9,13H2,1-2H3,(H,24,25,26). The molecule has 0 atom stereocenters. The summed E-state index contributed by atoms with van der Waals surface area (Å²) in [6.07, 6.45) is 1.53. The highest BCUT2D eigenvalue weighted by atomic mass is 32.2. The SMILES string of the molecule is COc1cc(NS(=O)(=O)c2ccc(N=CCC(=O)c3ccc4c(c3)OCO4)cc2)nc(OC)n1. The molecule has 0 spiro atoms. The van der Waals surface area contributed by atoms with Crippen molar-refractivity contribution < 1.29 is 32.2 Å². The number of carbonyl (C=O) groups is 1. The van der Waals surface area contributed by atoms with E-state index in [1.54, 1.807) is 18.2 Å². The second-order valence-corrected chi connectivity index (χ2v) is 8.57. The van der Waals surface area contributed by atoms with Crippen molar-refractivity contribution in [3.8, 4) is 23.4 Å². The van der Waals surface area contributed by atoms with Gasteiger partial charge in [-0.1, -0.05) is 0 Å². The molecule has 0 aliphatic carbocycles. The molecule has 1 aliphatic rings. The molecule has 0 saturated heterocycles. The van der Waals surface area contributed by atoms with E-state index in [1.807, 2.05) is 0 Å². The van der Waals surface area contributed by atoms with E-state index in [0.29, 0.717) is 22.7 Å². The van der Waals surface area contributed by atoms with Crippen molar-refractivity contribution in [1.82, 2.24) is 9.97 Å². The quantitative estimate of drug-likeness (QED) is 0.359. The maximum Gasteiger partial charge on any atom is 0.321 e. The number of methoxy groups -OCH3 is 2. The van der Waals surface area contributed by atoms with Crippen LogP contribution in [0.3, 0.4) is 0 Å². The molecule has 1 aromatic heterocycles. The molecule has 34 heavy (non-hydrogen) atoms. The van der Waals surface area contributed by atoms with Gasteiger partial charge in [-0.15, -0.1) is 0 Å². The Hall–Kier alpha value is -4.19. The molecule has 1 aliphatic heterocycles. The number of Topliss-reactive ketones (excluding diaryl/α,β-unsaturated/α-hetero) is 1. The number of ketones is 1. The summed E-state index contributed by atoms with van der Waals surface area (Å²) < 4.78 is 48.2. The van der Waals surface area contributed by atoms with E-state index >= 15 is 0 Å². The minimum Gasteiger partial charge on any atom is -0.481 e. The van der Waals surface area contributed by atoms with Gasteiger partial charge in [-0.2, -0.15) is 9.97 Å². The van der Waals surface area contributed by atoms with Crippen LogP contribution in [0.2, 0.25) is 0 Å². The molecule has 0 bridgehead atoms. The largest absolute Gasteiger partial charge is 0.481 e. The Balaban J connectivity index is 1.40. The second kappa shape index (κ2) is 9.75. The van der Waals surface area contributed by atoms with Gasteiger partial charge in [0.25, 0.3) is 10.0 Å². The number of carbonyl (C=O) groups excluding carboxylic acids is 1. The van der Waals surface area contributed by atoms with Gasteiger partial charge in [-0.3, -0.25) is 14.5 Å². The number of benzene rings is 2. The number of sulfonamides is 1. The summed E-state index contributed by atoms with van der Waals surface area (Å²) in [7, 11) is -1.19. The number of hydrogen-bond donors (Lipinski definition) is 1. The first kappa shape index (κ1) is 23.0. The zero-order valence-electron chi connectivity index (χ0n) is 18.2. The Morgan fingerprint density at radius 3 is 2.56 bits per heavy atom.